The van der Waals surface area contributed by atoms with Crippen LogP contribution in [0.1, 0.15) is 73.9 Å². The predicted octanol–water partition coefficient (Wildman–Crippen LogP) is 6.33. The van der Waals surface area contributed by atoms with Gasteiger partial charge < -0.3 is 19.6 Å². The molecule has 0 radical (unpaired) electrons. The lowest BCUT2D eigenvalue weighted by atomic mass is 9.90. The maximum absolute atomic E-state index is 13.7. The summed E-state index contributed by atoms with van der Waals surface area (Å²) in [5.74, 6) is 0.751. The first-order valence-electron chi connectivity index (χ1n) is 17.2. The van der Waals surface area contributed by atoms with Crippen LogP contribution in [0.3, 0.4) is 0 Å². The van der Waals surface area contributed by atoms with Crippen molar-refractivity contribution in [3.8, 4) is 17.2 Å². The number of nitriles is 1. The van der Waals surface area contributed by atoms with Crippen molar-refractivity contribution in [2.24, 2.45) is 5.92 Å². The maximum Gasteiger partial charge on any atom is 0.410 e. The number of likely N-dealkylation sites (tertiary alicyclic amines) is 1. The Labute approximate surface area is 296 Å². The van der Waals surface area contributed by atoms with Gasteiger partial charge in [0.25, 0.3) is 5.56 Å². The lowest BCUT2D eigenvalue weighted by molar-refractivity contribution is -0.160. The molecule has 1 amide bonds. The quantitative estimate of drug-likeness (QED) is 0.246. The van der Waals surface area contributed by atoms with Crippen molar-refractivity contribution < 1.29 is 27.8 Å². The van der Waals surface area contributed by atoms with E-state index in [1.54, 1.807) is 11.1 Å². The number of rotatable bonds is 6. The molecule has 1 aromatic carbocycles. The van der Waals surface area contributed by atoms with E-state index in [0.717, 1.165) is 57.2 Å². The van der Waals surface area contributed by atoms with Gasteiger partial charge in [0.15, 0.2) is 0 Å². The Morgan fingerprint density at radius 2 is 1.92 bits per heavy atom. The summed E-state index contributed by atoms with van der Waals surface area (Å²) in [6, 6.07) is 10.6. The first-order valence-corrected chi connectivity index (χ1v) is 18.0. The normalized spacial score (nSPS) is 23.5. The van der Waals surface area contributed by atoms with Gasteiger partial charge in [-0.05, 0) is 93.7 Å². The molecule has 5 heterocycles. The third kappa shape index (κ3) is 5.84. The number of ether oxygens (including phenoxy) is 1. The van der Waals surface area contributed by atoms with Gasteiger partial charge in [0.1, 0.15) is 5.60 Å². The number of thiophene rings is 1. The number of carbonyl (C=O) groups excluding carboxylic acids is 1. The van der Waals surface area contributed by atoms with Gasteiger partial charge in [-0.2, -0.15) is 23.5 Å². The van der Waals surface area contributed by atoms with Gasteiger partial charge in [-0.3, -0.25) is 9.78 Å². The number of alkyl halides is 3. The van der Waals surface area contributed by atoms with E-state index < -0.39 is 34.9 Å². The van der Waals surface area contributed by atoms with Crippen LogP contribution in [0.5, 0.6) is 0 Å². The number of amides is 1. The summed E-state index contributed by atoms with van der Waals surface area (Å²) in [7, 11) is 0. The summed E-state index contributed by atoms with van der Waals surface area (Å²) < 4.78 is 48.8. The Hall–Kier alpha value is -4.48. The molecule has 2 saturated carbocycles. The molecule has 0 unspecified atom stereocenters. The number of hydrogen-bond acceptors (Lipinski definition) is 9. The number of anilines is 1. The first-order chi connectivity index (χ1) is 24.2. The smallest absolute Gasteiger partial charge is 0.410 e. The molecule has 10 nitrogen and oxygen atoms in total. The molecule has 0 spiro atoms. The topological polar surface area (TPSA) is 125 Å². The van der Waals surface area contributed by atoms with Crippen molar-refractivity contribution in [1.82, 2.24) is 19.7 Å². The summed E-state index contributed by atoms with van der Waals surface area (Å²) in [6.07, 6.45) is -0.557. The number of nitrogens with zero attached hydrogens (tertiary/aromatic N) is 6. The second-order valence-electron chi connectivity index (χ2n) is 15.3. The van der Waals surface area contributed by atoms with Crippen LogP contribution >= 0.6 is 11.3 Å². The molecular formula is C37H37F3N6O4S. The Balaban J connectivity index is 1.16. The standard InChI is InChI=1S/C37H37F3N6O4S/c1-35(2,3)50-34(49)45-17-23(12-24(45)19-47)44-16-21-10-27(21)29-9-20(14-41)8-28(32(29)44)26-4-7-42-30-13-25(51-33(26)30)18-46-31(48)11-22(15-43-46)36(5-6-36)37(38,39)40/h4,7-9,11,13,15,21,23-24,27,47H,5-6,10,12,16-19H2,1-3H3/t21-,23-,24+,27-/m0/s1. The largest absolute Gasteiger partial charge is 0.444 e. The molecule has 4 atom stereocenters. The lowest BCUT2D eigenvalue weighted by Gasteiger charge is -2.38. The van der Waals surface area contributed by atoms with Gasteiger partial charge in [0.2, 0.25) is 0 Å². The molecule has 14 heteroatoms. The molecule has 1 N–H and O–H groups in total. The van der Waals surface area contributed by atoms with Crippen molar-refractivity contribution in [1.29, 1.82) is 5.26 Å². The number of carbonyl (C=O) groups is 1. The minimum Gasteiger partial charge on any atom is -0.444 e. The number of halogens is 3. The number of fused-ring (bicyclic) bond motifs is 4. The first kappa shape index (κ1) is 33.7. The highest BCUT2D eigenvalue weighted by atomic mass is 32.1. The van der Waals surface area contributed by atoms with Crippen molar-refractivity contribution in [3.05, 3.63) is 74.6 Å². The minimum absolute atomic E-state index is 0.0489. The Morgan fingerprint density at radius 3 is 2.59 bits per heavy atom. The second kappa shape index (κ2) is 11.8. The van der Waals surface area contributed by atoms with Gasteiger partial charge in [0.05, 0.1) is 52.7 Å². The third-order valence-corrected chi connectivity index (χ3v) is 11.9. The van der Waals surface area contributed by atoms with Crippen molar-refractivity contribution in [2.75, 3.05) is 24.6 Å². The monoisotopic (exact) mass is 718 g/mol. The predicted molar refractivity (Wildman–Crippen MR) is 185 cm³/mol. The molecule has 2 aliphatic carbocycles. The number of aromatic nitrogens is 3. The summed E-state index contributed by atoms with van der Waals surface area (Å²) >= 11 is 1.42. The molecule has 4 aromatic rings. The van der Waals surface area contributed by atoms with Crippen LogP contribution in [0.2, 0.25) is 0 Å². The number of hydrogen-bond donors (Lipinski definition) is 1. The van der Waals surface area contributed by atoms with E-state index in [-0.39, 0.29) is 37.6 Å². The molecule has 8 rings (SSSR count). The molecule has 2 aliphatic heterocycles. The van der Waals surface area contributed by atoms with Gasteiger partial charge >= 0.3 is 12.3 Å². The number of aliphatic hydroxyl groups is 1. The number of aliphatic hydroxyl groups excluding tert-OH is 1. The van der Waals surface area contributed by atoms with E-state index in [0.29, 0.717) is 35.9 Å². The van der Waals surface area contributed by atoms with Crippen LogP contribution in [-0.4, -0.2) is 74.4 Å². The van der Waals surface area contributed by atoms with Crippen LogP contribution in [0.15, 0.2) is 47.5 Å². The second-order valence-corrected chi connectivity index (χ2v) is 16.4. The average Bonchev–Trinajstić information content (AvgIpc) is 3.97. The van der Waals surface area contributed by atoms with E-state index in [1.807, 2.05) is 45.0 Å². The highest BCUT2D eigenvalue weighted by Crippen LogP contribution is 2.59. The van der Waals surface area contributed by atoms with Crippen molar-refractivity contribution in [2.45, 2.75) is 88.2 Å². The number of benzene rings is 1. The fraction of sp³-hybridized carbons (Fsp3) is 0.486. The molecule has 0 bridgehead atoms. The van der Waals surface area contributed by atoms with E-state index in [1.165, 1.54) is 16.0 Å². The summed E-state index contributed by atoms with van der Waals surface area (Å²) in [5, 5.41) is 24.5. The molecule has 3 aromatic heterocycles. The van der Waals surface area contributed by atoms with Crippen LogP contribution in [-0.2, 0) is 16.7 Å². The summed E-state index contributed by atoms with van der Waals surface area (Å²) in [6.45, 7) is 6.50. The van der Waals surface area contributed by atoms with Crippen molar-refractivity contribution >= 4 is 33.3 Å². The van der Waals surface area contributed by atoms with E-state index in [4.69, 9.17) is 4.74 Å². The van der Waals surface area contributed by atoms with Crippen molar-refractivity contribution in [3.63, 3.8) is 0 Å². The summed E-state index contributed by atoms with van der Waals surface area (Å²) in [5.41, 5.74) is 1.71. The Kier molecular flexibility index (Phi) is 7.77. The zero-order valence-electron chi connectivity index (χ0n) is 28.4. The Morgan fingerprint density at radius 1 is 1.14 bits per heavy atom. The van der Waals surface area contributed by atoms with E-state index >= 15 is 0 Å². The fourth-order valence-electron chi connectivity index (χ4n) is 7.97. The van der Waals surface area contributed by atoms with Gasteiger partial charge in [-0.15, -0.1) is 11.3 Å². The number of pyridine rings is 1. The minimum atomic E-state index is -4.44. The SMILES string of the molecule is CC(C)(C)OC(=O)N1C[C@@H](N2C[C@@H]3C[C@@H]3c3cc(C#N)cc(-c4ccnc5cc(Cn6ncc(C7(C(F)(F)F)CC7)cc6=O)sc45)c32)C[C@@H]1CO. The molecule has 4 aliphatic rings. The van der Waals surface area contributed by atoms with Gasteiger partial charge in [-0.25, -0.2) is 9.48 Å². The molecule has 51 heavy (non-hydrogen) atoms. The van der Waals surface area contributed by atoms with Gasteiger partial charge in [-0.1, -0.05) is 0 Å². The molecular weight excluding hydrogens is 682 g/mol. The van der Waals surface area contributed by atoms with E-state index in [9.17, 15) is 33.1 Å². The third-order valence-electron chi connectivity index (χ3n) is 10.8. The zero-order valence-corrected chi connectivity index (χ0v) is 29.2. The van der Waals surface area contributed by atoms with E-state index in [2.05, 4.69) is 21.1 Å². The van der Waals surface area contributed by atoms with Crippen LogP contribution in [0, 0.1) is 17.2 Å². The average molecular weight is 719 g/mol. The molecule has 266 valence electrons. The van der Waals surface area contributed by atoms with Crippen LogP contribution < -0.4 is 10.5 Å². The van der Waals surface area contributed by atoms with Crippen LogP contribution in [0.25, 0.3) is 21.3 Å². The Bertz CT molecular complexity index is 2160. The fourth-order valence-corrected chi connectivity index (χ4v) is 9.09. The van der Waals surface area contributed by atoms with Gasteiger partial charge in [0, 0.05) is 53.1 Å². The summed E-state index contributed by atoms with van der Waals surface area (Å²) in [4.78, 5) is 35.5. The lowest BCUT2D eigenvalue weighted by Crippen LogP contribution is -2.44. The molecule has 3 fully saturated rings. The zero-order chi connectivity index (χ0) is 36.0. The highest BCUT2D eigenvalue weighted by molar-refractivity contribution is 7.19. The highest BCUT2D eigenvalue weighted by Gasteiger charge is 2.64. The molecule has 1 saturated heterocycles. The van der Waals surface area contributed by atoms with Crippen LogP contribution in [0.4, 0.5) is 23.7 Å². The maximum atomic E-state index is 13.7.